The van der Waals surface area contributed by atoms with Gasteiger partial charge in [0.05, 0.1) is 0 Å². The van der Waals surface area contributed by atoms with Crippen molar-refractivity contribution >= 4 is 5.97 Å². The number of hydrogen-bond acceptors (Lipinski definition) is 4. The van der Waals surface area contributed by atoms with Crippen molar-refractivity contribution in [2.24, 2.45) is 5.73 Å². The van der Waals surface area contributed by atoms with Gasteiger partial charge in [-0.15, -0.1) is 0 Å². The third-order valence-electron chi connectivity index (χ3n) is 3.31. The molecule has 1 aliphatic rings. The Hall–Kier alpha value is -1.59. The summed E-state index contributed by atoms with van der Waals surface area (Å²) in [6.45, 7) is 1.83. The van der Waals surface area contributed by atoms with E-state index in [0.29, 0.717) is 6.42 Å². The Kier molecular flexibility index (Phi) is 4.39. The van der Waals surface area contributed by atoms with Crippen LogP contribution in [0.1, 0.15) is 24.4 Å². The summed E-state index contributed by atoms with van der Waals surface area (Å²) in [6.07, 6.45) is 0.694. The van der Waals surface area contributed by atoms with Gasteiger partial charge >= 0.3 is 5.97 Å². The summed E-state index contributed by atoms with van der Waals surface area (Å²) in [6, 6.07) is 7.31. The fourth-order valence-corrected chi connectivity index (χ4v) is 2.22. The van der Waals surface area contributed by atoms with Crippen molar-refractivity contribution in [3.63, 3.8) is 0 Å². The van der Waals surface area contributed by atoms with E-state index < -0.39 is 5.97 Å². The number of nitrogens with zero attached hydrogens (tertiary/aromatic N) is 1. The molecule has 0 aromatic heterocycles. The van der Waals surface area contributed by atoms with E-state index >= 15 is 0 Å². The number of likely N-dealkylation sites (tertiary alicyclic amines) is 1. The van der Waals surface area contributed by atoms with Crippen molar-refractivity contribution in [1.29, 1.82) is 0 Å². The standard InChI is InChI=1S/C14H20N2O3/c1-16-8-10(9-16)19-13-5-3-2-4-11(13)12(15)6-7-14(17)18/h2-5,10,12H,6-9,15H2,1H3,(H,17,18). The molecule has 5 nitrogen and oxygen atoms in total. The van der Waals surface area contributed by atoms with E-state index in [9.17, 15) is 4.79 Å². The molecule has 1 atom stereocenters. The van der Waals surface area contributed by atoms with Crippen LogP contribution in [0.4, 0.5) is 0 Å². The molecule has 19 heavy (non-hydrogen) atoms. The molecule has 1 aromatic carbocycles. The first kappa shape index (κ1) is 13.8. The Morgan fingerprint density at radius 1 is 1.53 bits per heavy atom. The number of ether oxygens (including phenoxy) is 1. The van der Waals surface area contributed by atoms with Gasteiger partial charge < -0.3 is 15.6 Å². The predicted molar refractivity (Wildman–Crippen MR) is 72.2 cm³/mol. The molecule has 3 N–H and O–H groups in total. The molecule has 104 valence electrons. The van der Waals surface area contributed by atoms with Gasteiger partial charge in [0.1, 0.15) is 11.9 Å². The third kappa shape index (κ3) is 3.68. The zero-order chi connectivity index (χ0) is 13.8. The lowest BCUT2D eigenvalue weighted by atomic mass is 10.0. The van der Waals surface area contributed by atoms with E-state index in [1.54, 1.807) is 0 Å². The molecule has 2 rings (SSSR count). The van der Waals surface area contributed by atoms with E-state index in [4.69, 9.17) is 15.6 Å². The summed E-state index contributed by atoms with van der Waals surface area (Å²) in [5.41, 5.74) is 6.94. The van der Waals surface area contributed by atoms with Gasteiger partial charge in [-0.1, -0.05) is 18.2 Å². The molecule has 1 saturated heterocycles. The van der Waals surface area contributed by atoms with E-state index in [1.807, 2.05) is 31.3 Å². The van der Waals surface area contributed by atoms with Gasteiger partial charge in [0.25, 0.3) is 0 Å². The van der Waals surface area contributed by atoms with E-state index in [2.05, 4.69) is 4.90 Å². The summed E-state index contributed by atoms with van der Waals surface area (Å²) in [7, 11) is 2.05. The second kappa shape index (κ2) is 6.04. The van der Waals surface area contributed by atoms with Crippen LogP contribution in [-0.2, 0) is 4.79 Å². The van der Waals surface area contributed by atoms with Crippen molar-refractivity contribution in [2.75, 3.05) is 20.1 Å². The second-order valence-electron chi connectivity index (χ2n) is 5.04. The van der Waals surface area contributed by atoms with Crippen LogP contribution in [0, 0.1) is 0 Å². The fraction of sp³-hybridized carbons (Fsp3) is 0.500. The Morgan fingerprint density at radius 3 is 2.84 bits per heavy atom. The first-order valence-electron chi connectivity index (χ1n) is 6.47. The van der Waals surface area contributed by atoms with Crippen LogP contribution in [-0.4, -0.2) is 42.2 Å². The van der Waals surface area contributed by atoms with Crippen molar-refractivity contribution in [2.45, 2.75) is 25.0 Å². The Labute approximate surface area is 113 Å². The number of nitrogens with two attached hydrogens (primary N) is 1. The van der Waals surface area contributed by atoms with Gasteiger partial charge in [0.15, 0.2) is 0 Å². The van der Waals surface area contributed by atoms with Crippen LogP contribution in [0.3, 0.4) is 0 Å². The minimum absolute atomic E-state index is 0.0711. The first-order chi connectivity index (χ1) is 9.06. The lowest BCUT2D eigenvalue weighted by molar-refractivity contribution is -0.137. The summed E-state index contributed by atoms with van der Waals surface area (Å²) < 4.78 is 5.91. The second-order valence-corrected chi connectivity index (χ2v) is 5.04. The number of hydrogen-bond donors (Lipinski definition) is 2. The monoisotopic (exact) mass is 264 g/mol. The van der Waals surface area contributed by atoms with Crippen molar-refractivity contribution in [1.82, 2.24) is 4.90 Å². The molecule has 0 bridgehead atoms. The lowest BCUT2D eigenvalue weighted by Crippen LogP contribution is -2.51. The molecule has 0 radical (unpaired) electrons. The van der Waals surface area contributed by atoms with Crippen LogP contribution in [0.2, 0.25) is 0 Å². The first-order valence-corrected chi connectivity index (χ1v) is 6.47. The summed E-state index contributed by atoms with van der Waals surface area (Å²) >= 11 is 0. The number of para-hydroxylation sites is 1. The molecule has 1 unspecified atom stereocenters. The third-order valence-corrected chi connectivity index (χ3v) is 3.31. The van der Waals surface area contributed by atoms with Crippen LogP contribution < -0.4 is 10.5 Å². The topological polar surface area (TPSA) is 75.8 Å². The molecular weight excluding hydrogens is 244 g/mol. The maximum absolute atomic E-state index is 10.6. The van der Waals surface area contributed by atoms with Gasteiger partial charge in [0.2, 0.25) is 0 Å². The summed E-state index contributed by atoms with van der Waals surface area (Å²) in [4.78, 5) is 12.8. The van der Waals surface area contributed by atoms with E-state index in [-0.39, 0.29) is 18.6 Å². The molecule has 5 heteroatoms. The zero-order valence-electron chi connectivity index (χ0n) is 11.1. The SMILES string of the molecule is CN1CC(Oc2ccccc2C(N)CCC(=O)O)C1. The molecule has 1 aliphatic heterocycles. The number of carbonyl (C=O) groups is 1. The molecule has 0 saturated carbocycles. The predicted octanol–water partition coefficient (Wildman–Crippen LogP) is 1.24. The van der Waals surface area contributed by atoms with Gasteiger partial charge in [-0.25, -0.2) is 0 Å². The smallest absolute Gasteiger partial charge is 0.303 e. The summed E-state index contributed by atoms with van der Waals surface area (Å²) in [5, 5.41) is 8.71. The number of carboxylic acid groups (broad SMARTS) is 1. The van der Waals surface area contributed by atoms with Crippen molar-refractivity contribution < 1.29 is 14.6 Å². The number of benzene rings is 1. The molecular formula is C14H20N2O3. The highest BCUT2D eigenvalue weighted by molar-refractivity contribution is 5.66. The fourth-order valence-electron chi connectivity index (χ4n) is 2.22. The Balaban J connectivity index is 2.00. The summed E-state index contributed by atoms with van der Waals surface area (Å²) in [5.74, 6) is -0.0482. The normalized spacial score (nSPS) is 17.8. The molecule has 1 heterocycles. The van der Waals surface area contributed by atoms with Crippen LogP contribution in [0.25, 0.3) is 0 Å². The molecule has 0 amide bonds. The van der Waals surface area contributed by atoms with Gasteiger partial charge in [-0.05, 0) is 19.5 Å². The van der Waals surface area contributed by atoms with Crippen LogP contribution in [0.15, 0.2) is 24.3 Å². The van der Waals surface area contributed by atoms with Crippen LogP contribution in [0.5, 0.6) is 5.75 Å². The van der Waals surface area contributed by atoms with Crippen LogP contribution >= 0.6 is 0 Å². The van der Waals surface area contributed by atoms with Gasteiger partial charge in [-0.3, -0.25) is 9.69 Å². The maximum atomic E-state index is 10.6. The average molecular weight is 264 g/mol. The minimum atomic E-state index is -0.825. The van der Waals surface area contributed by atoms with Crippen molar-refractivity contribution in [3.05, 3.63) is 29.8 Å². The minimum Gasteiger partial charge on any atom is -0.487 e. The highest BCUT2D eigenvalue weighted by Gasteiger charge is 2.26. The number of likely N-dealkylation sites (N-methyl/N-ethyl adjacent to an activating group) is 1. The largest absolute Gasteiger partial charge is 0.487 e. The Morgan fingerprint density at radius 2 is 2.21 bits per heavy atom. The zero-order valence-corrected chi connectivity index (χ0v) is 11.1. The average Bonchev–Trinajstić information content (AvgIpc) is 2.34. The van der Waals surface area contributed by atoms with Gasteiger partial charge in [0, 0.05) is 31.1 Å². The molecule has 0 spiro atoms. The maximum Gasteiger partial charge on any atom is 0.303 e. The lowest BCUT2D eigenvalue weighted by Gasteiger charge is -2.36. The van der Waals surface area contributed by atoms with E-state index in [0.717, 1.165) is 24.4 Å². The highest BCUT2D eigenvalue weighted by atomic mass is 16.5. The molecule has 1 aromatic rings. The quantitative estimate of drug-likeness (QED) is 0.808. The van der Waals surface area contributed by atoms with E-state index in [1.165, 1.54) is 0 Å². The molecule has 1 fully saturated rings. The van der Waals surface area contributed by atoms with Gasteiger partial charge in [-0.2, -0.15) is 0 Å². The Bertz CT molecular complexity index is 444. The number of aliphatic carboxylic acids is 1. The number of carboxylic acids is 1. The molecule has 0 aliphatic carbocycles. The van der Waals surface area contributed by atoms with Crippen molar-refractivity contribution in [3.8, 4) is 5.75 Å². The highest BCUT2D eigenvalue weighted by Crippen LogP contribution is 2.28. The number of rotatable bonds is 6.